The van der Waals surface area contributed by atoms with Crippen LogP contribution < -0.4 is 10.9 Å². The fraction of sp³-hybridized carbons (Fsp3) is 0.304. The van der Waals surface area contributed by atoms with Gasteiger partial charge in [-0.25, -0.2) is 0 Å². The maximum atomic E-state index is 12.3. The van der Waals surface area contributed by atoms with Crippen LogP contribution in [0.4, 0.5) is 0 Å². The monoisotopic (exact) mass is 378 g/mol. The molecule has 2 aromatic carbocycles. The van der Waals surface area contributed by atoms with E-state index in [0.717, 1.165) is 16.5 Å². The predicted molar refractivity (Wildman–Crippen MR) is 110 cm³/mol. The van der Waals surface area contributed by atoms with E-state index in [1.807, 2.05) is 43.3 Å². The molecule has 2 amide bonds. The highest BCUT2D eigenvalue weighted by Gasteiger charge is 2.18. The third kappa shape index (κ3) is 4.42. The highest BCUT2D eigenvalue weighted by atomic mass is 16.3. The Kier molecular flexibility index (Phi) is 5.54. The molecule has 0 saturated carbocycles. The summed E-state index contributed by atoms with van der Waals surface area (Å²) in [6, 6.07) is 15.7. The van der Waals surface area contributed by atoms with Crippen molar-refractivity contribution in [2.75, 3.05) is 0 Å². The average molecular weight is 378 g/mol. The van der Waals surface area contributed by atoms with Crippen molar-refractivity contribution in [1.29, 1.82) is 0 Å². The molecule has 146 valence electrons. The van der Waals surface area contributed by atoms with Crippen molar-refractivity contribution in [2.45, 2.75) is 46.0 Å². The van der Waals surface area contributed by atoms with Crippen LogP contribution in [-0.4, -0.2) is 11.8 Å². The molecule has 1 heterocycles. The smallest absolute Gasteiger partial charge is 0.305 e. The van der Waals surface area contributed by atoms with Crippen LogP contribution in [0.2, 0.25) is 0 Å². The summed E-state index contributed by atoms with van der Waals surface area (Å²) in [6.07, 6.45) is 0.893. The first-order valence-corrected chi connectivity index (χ1v) is 9.42. The van der Waals surface area contributed by atoms with Gasteiger partial charge in [-0.05, 0) is 36.0 Å². The minimum atomic E-state index is -0.461. The van der Waals surface area contributed by atoms with Gasteiger partial charge >= 0.3 is 5.91 Å². The van der Waals surface area contributed by atoms with Gasteiger partial charge in [0.1, 0.15) is 5.58 Å². The summed E-state index contributed by atoms with van der Waals surface area (Å²) in [6.45, 7) is 8.33. The van der Waals surface area contributed by atoms with Crippen LogP contribution in [0.1, 0.15) is 54.4 Å². The summed E-state index contributed by atoms with van der Waals surface area (Å²) in [7, 11) is 0. The standard InChI is InChI=1S/C23H26N2O3/c1-15-18-7-5-6-8-19(18)28-21(15)22(27)25-24-20(26)14-11-16-9-12-17(13-10-16)23(2,3)4/h5-10,12-13H,11,14H2,1-4H3,(H,24,26)(H,25,27). The maximum absolute atomic E-state index is 12.3. The highest BCUT2D eigenvalue weighted by molar-refractivity contribution is 5.99. The van der Waals surface area contributed by atoms with Crippen LogP contribution in [-0.2, 0) is 16.6 Å². The Labute approximate surface area is 165 Å². The lowest BCUT2D eigenvalue weighted by Gasteiger charge is -2.19. The number of carbonyl (C=O) groups is 2. The van der Waals surface area contributed by atoms with E-state index in [9.17, 15) is 9.59 Å². The molecule has 5 nitrogen and oxygen atoms in total. The van der Waals surface area contributed by atoms with Gasteiger partial charge in [0.25, 0.3) is 0 Å². The molecular formula is C23H26N2O3. The Bertz CT molecular complexity index is 995. The van der Waals surface area contributed by atoms with Crippen molar-refractivity contribution in [2.24, 2.45) is 0 Å². The van der Waals surface area contributed by atoms with Crippen molar-refractivity contribution in [3.63, 3.8) is 0 Å². The highest BCUT2D eigenvalue weighted by Crippen LogP contribution is 2.24. The Hall–Kier alpha value is -3.08. The average Bonchev–Trinajstić information content (AvgIpc) is 3.01. The number of para-hydroxylation sites is 1. The van der Waals surface area contributed by atoms with Crippen LogP contribution in [0.15, 0.2) is 52.9 Å². The maximum Gasteiger partial charge on any atom is 0.305 e. The van der Waals surface area contributed by atoms with Crippen molar-refractivity contribution in [3.05, 3.63) is 71.0 Å². The summed E-state index contributed by atoms with van der Waals surface area (Å²) < 4.78 is 5.60. The number of hydrogen-bond acceptors (Lipinski definition) is 3. The normalized spacial score (nSPS) is 11.4. The summed E-state index contributed by atoms with van der Waals surface area (Å²) in [4.78, 5) is 24.4. The zero-order valence-corrected chi connectivity index (χ0v) is 16.8. The summed E-state index contributed by atoms with van der Waals surface area (Å²) in [5, 5.41) is 0.887. The van der Waals surface area contributed by atoms with Gasteiger partial charge in [-0.1, -0.05) is 63.2 Å². The Morgan fingerprint density at radius 1 is 0.964 bits per heavy atom. The molecule has 3 rings (SSSR count). The van der Waals surface area contributed by atoms with Crippen LogP contribution in [0.3, 0.4) is 0 Å². The molecular weight excluding hydrogens is 352 g/mol. The molecule has 3 aromatic rings. The lowest BCUT2D eigenvalue weighted by molar-refractivity contribution is -0.121. The molecule has 2 N–H and O–H groups in total. The molecule has 0 spiro atoms. The van der Waals surface area contributed by atoms with Crippen molar-refractivity contribution >= 4 is 22.8 Å². The van der Waals surface area contributed by atoms with Crippen molar-refractivity contribution in [1.82, 2.24) is 10.9 Å². The molecule has 0 fully saturated rings. The molecule has 0 aliphatic rings. The van der Waals surface area contributed by atoms with Crippen LogP contribution in [0.25, 0.3) is 11.0 Å². The molecule has 0 unspecified atom stereocenters. The quantitative estimate of drug-likeness (QED) is 0.660. The van der Waals surface area contributed by atoms with Gasteiger partial charge in [-0.15, -0.1) is 0 Å². The van der Waals surface area contributed by atoms with E-state index in [0.29, 0.717) is 12.0 Å². The molecule has 5 heteroatoms. The second-order valence-corrected chi connectivity index (χ2v) is 8.00. The number of furan rings is 1. The first-order chi connectivity index (χ1) is 13.3. The third-order valence-corrected chi connectivity index (χ3v) is 4.83. The molecule has 0 atom stereocenters. The number of amides is 2. The van der Waals surface area contributed by atoms with E-state index < -0.39 is 5.91 Å². The second-order valence-electron chi connectivity index (χ2n) is 8.00. The summed E-state index contributed by atoms with van der Waals surface area (Å²) in [5.74, 6) is -0.502. The number of nitrogens with one attached hydrogen (secondary N) is 2. The fourth-order valence-corrected chi connectivity index (χ4v) is 3.07. The van der Waals surface area contributed by atoms with Gasteiger partial charge in [0, 0.05) is 17.4 Å². The molecule has 1 aromatic heterocycles. The van der Waals surface area contributed by atoms with E-state index in [-0.39, 0.29) is 23.5 Å². The first kappa shape index (κ1) is 19.7. The number of hydrazine groups is 1. The summed E-state index contributed by atoms with van der Waals surface area (Å²) >= 11 is 0. The number of carbonyl (C=O) groups excluding carboxylic acids is 2. The predicted octanol–water partition coefficient (Wildman–Crippen LogP) is 4.43. The Balaban J connectivity index is 1.52. The fourth-order valence-electron chi connectivity index (χ4n) is 3.07. The number of benzene rings is 2. The van der Waals surface area contributed by atoms with Crippen LogP contribution in [0, 0.1) is 6.92 Å². The van der Waals surface area contributed by atoms with Gasteiger partial charge < -0.3 is 4.42 Å². The lowest BCUT2D eigenvalue weighted by atomic mass is 9.86. The lowest BCUT2D eigenvalue weighted by Crippen LogP contribution is -2.41. The number of rotatable bonds is 4. The van der Waals surface area contributed by atoms with E-state index in [1.165, 1.54) is 5.56 Å². The van der Waals surface area contributed by atoms with Crippen molar-refractivity contribution < 1.29 is 14.0 Å². The number of fused-ring (bicyclic) bond motifs is 1. The summed E-state index contributed by atoms with van der Waals surface area (Å²) in [5.41, 5.74) is 8.74. The molecule has 0 radical (unpaired) electrons. The Morgan fingerprint density at radius 2 is 1.64 bits per heavy atom. The van der Waals surface area contributed by atoms with Gasteiger partial charge in [-0.3, -0.25) is 20.4 Å². The van der Waals surface area contributed by atoms with Crippen LogP contribution in [0.5, 0.6) is 0 Å². The SMILES string of the molecule is Cc1c(C(=O)NNC(=O)CCc2ccc(C(C)(C)C)cc2)oc2ccccc12. The van der Waals surface area contributed by atoms with Gasteiger partial charge in [0.05, 0.1) is 0 Å². The zero-order chi connectivity index (χ0) is 20.3. The Morgan fingerprint density at radius 3 is 2.29 bits per heavy atom. The van der Waals surface area contributed by atoms with Gasteiger partial charge in [-0.2, -0.15) is 0 Å². The van der Waals surface area contributed by atoms with Gasteiger partial charge in [0.2, 0.25) is 5.91 Å². The molecule has 0 saturated heterocycles. The minimum absolute atomic E-state index is 0.106. The van der Waals surface area contributed by atoms with E-state index >= 15 is 0 Å². The van der Waals surface area contributed by atoms with Crippen LogP contribution >= 0.6 is 0 Å². The molecule has 0 aliphatic heterocycles. The molecule has 0 bridgehead atoms. The third-order valence-electron chi connectivity index (χ3n) is 4.83. The molecule has 0 aliphatic carbocycles. The van der Waals surface area contributed by atoms with Gasteiger partial charge in [0.15, 0.2) is 5.76 Å². The van der Waals surface area contributed by atoms with E-state index in [1.54, 1.807) is 0 Å². The van der Waals surface area contributed by atoms with E-state index in [4.69, 9.17) is 4.42 Å². The van der Waals surface area contributed by atoms with E-state index in [2.05, 4.69) is 43.8 Å². The topological polar surface area (TPSA) is 71.3 Å². The van der Waals surface area contributed by atoms with Crippen molar-refractivity contribution in [3.8, 4) is 0 Å². The first-order valence-electron chi connectivity index (χ1n) is 9.42. The second kappa shape index (κ2) is 7.89. The molecule has 28 heavy (non-hydrogen) atoms. The zero-order valence-electron chi connectivity index (χ0n) is 16.8. The minimum Gasteiger partial charge on any atom is -0.451 e. The number of hydrogen-bond donors (Lipinski definition) is 2. The largest absolute Gasteiger partial charge is 0.451 e. The number of aryl methyl sites for hydroxylation is 2.